The zero-order valence-corrected chi connectivity index (χ0v) is 19.3. The van der Waals surface area contributed by atoms with Crippen molar-refractivity contribution in [2.45, 2.75) is 32.4 Å². The zero-order chi connectivity index (χ0) is 22.2. The van der Waals surface area contributed by atoms with Crippen molar-refractivity contribution in [3.63, 3.8) is 0 Å². The molecule has 7 nitrogen and oxygen atoms in total. The minimum Gasteiger partial charge on any atom is -0.492 e. The van der Waals surface area contributed by atoms with Crippen LogP contribution >= 0.6 is 15.9 Å². The van der Waals surface area contributed by atoms with Gasteiger partial charge < -0.3 is 32.2 Å². The normalized spacial score (nSPS) is 14.2. The summed E-state index contributed by atoms with van der Waals surface area (Å²) in [6, 6.07) is 14.0. The lowest BCUT2D eigenvalue weighted by atomic mass is 10.1. The number of fused-ring (bicyclic) bond motifs is 1. The van der Waals surface area contributed by atoms with Gasteiger partial charge in [0, 0.05) is 32.1 Å². The number of rotatable bonds is 10. The largest absolute Gasteiger partial charge is 0.492 e. The summed E-state index contributed by atoms with van der Waals surface area (Å²) in [6.45, 7) is 3.97. The minimum absolute atomic E-state index is 0.135. The third-order valence-electron chi connectivity index (χ3n) is 5.00. The molecule has 0 bridgehead atoms. The van der Waals surface area contributed by atoms with E-state index in [2.05, 4.69) is 37.9 Å². The Kier molecular flexibility index (Phi) is 8.20. The summed E-state index contributed by atoms with van der Waals surface area (Å²) in [5.41, 5.74) is 16.1. The van der Waals surface area contributed by atoms with Crippen LogP contribution < -0.4 is 32.2 Å². The molecule has 2 aromatic carbocycles. The summed E-state index contributed by atoms with van der Waals surface area (Å²) in [4.78, 5) is 12.6. The second kappa shape index (κ2) is 11.1. The van der Waals surface area contributed by atoms with Gasteiger partial charge in [-0.25, -0.2) is 0 Å². The summed E-state index contributed by atoms with van der Waals surface area (Å²) in [5.74, 6) is 0.919. The number of halogens is 1. The summed E-state index contributed by atoms with van der Waals surface area (Å²) in [5, 5.41) is 9.10. The van der Waals surface area contributed by atoms with Gasteiger partial charge in [-0.2, -0.15) is 0 Å². The maximum absolute atomic E-state index is 12.6. The Morgan fingerprint density at radius 1 is 1.16 bits per heavy atom. The Labute approximate surface area is 191 Å². The van der Waals surface area contributed by atoms with E-state index < -0.39 is 0 Å². The van der Waals surface area contributed by atoms with Crippen molar-refractivity contribution in [2.24, 2.45) is 11.5 Å². The number of ether oxygens (including phenoxy) is 1. The molecule has 0 aliphatic carbocycles. The Balaban J connectivity index is 1.65. The Morgan fingerprint density at radius 2 is 1.94 bits per heavy atom. The minimum atomic E-state index is -0.257. The lowest BCUT2D eigenvalue weighted by molar-refractivity contribution is -0.117. The molecule has 1 aliphatic heterocycles. The van der Waals surface area contributed by atoms with E-state index in [1.54, 1.807) is 0 Å². The fourth-order valence-electron chi connectivity index (χ4n) is 3.48. The van der Waals surface area contributed by atoms with E-state index >= 15 is 0 Å². The highest BCUT2D eigenvalue weighted by Gasteiger charge is 2.18. The lowest BCUT2D eigenvalue weighted by Crippen LogP contribution is -2.41. The molecule has 2 aromatic rings. The van der Waals surface area contributed by atoms with E-state index in [4.69, 9.17) is 16.2 Å². The summed E-state index contributed by atoms with van der Waals surface area (Å²) >= 11 is 3.56. The van der Waals surface area contributed by atoms with Gasteiger partial charge in [-0.15, -0.1) is 0 Å². The molecule has 0 saturated carbocycles. The van der Waals surface area contributed by atoms with Gasteiger partial charge >= 0.3 is 0 Å². The number of carbonyl (C=O) groups excluding carboxylic acids is 1. The number of hydrogen-bond donors (Lipinski definition) is 5. The van der Waals surface area contributed by atoms with Gasteiger partial charge in [0.15, 0.2) is 0 Å². The van der Waals surface area contributed by atoms with Crippen molar-refractivity contribution in [3.05, 3.63) is 75.1 Å². The quantitative estimate of drug-likeness (QED) is 0.327. The van der Waals surface area contributed by atoms with Crippen LogP contribution in [0.1, 0.15) is 23.6 Å². The number of amides is 1. The number of nitrogens with two attached hydrogens (primary N) is 2. The van der Waals surface area contributed by atoms with Gasteiger partial charge in [0.25, 0.3) is 5.91 Å². The predicted octanol–water partition coefficient (Wildman–Crippen LogP) is 1.90. The standard InChI is InChI=1S/C23H30BrN5O2/c1-2-27-23(30)20(22(26)29-14-18(25)11-15-6-4-3-5-7-15)28-13-16-10-17-8-9-31-21(17)19(24)12-16/h3-7,10,12,18,28-29H,2,8-9,11,13-14,25-26H2,1H3,(H,27,30)/b22-20+/t18-/m1/s1. The first kappa shape index (κ1) is 23.0. The maximum atomic E-state index is 12.6. The first-order chi connectivity index (χ1) is 15.0. The van der Waals surface area contributed by atoms with Crippen molar-refractivity contribution in [1.82, 2.24) is 16.0 Å². The van der Waals surface area contributed by atoms with Crippen LogP contribution in [0.2, 0.25) is 0 Å². The molecule has 166 valence electrons. The topological polar surface area (TPSA) is 114 Å². The molecule has 3 rings (SSSR count). The van der Waals surface area contributed by atoms with Gasteiger partial charge in [-0.05, 0) is 52.0 Å². The SMILES string of the molecule is CCNC(=O)/C(NCc1cc(Br)c2c(c1)CCO2)=C(/N)NC[C@H](N)Cc1ccccc1. The molecule has 1 aliphatic rings. The van der Waals surface area contributed by atoms with E-state index in [0.29, 0.717) is 31.9 Å². The van der Waals surface area contributed by atoms with Gasteiger partial charge in [-0.1, -0.05) is 36.4 Å². The second-order valence-corrected chi connectivity index (χ2v) is 8.35. The van der Waals surface area contributed by atoms with Gasteiger partial charge in [0.05, 0.1) is 11.1 Å². The molecule has 0 unspecified atom stereocenters. The van der Waals surface area contributed by atoms with E-state index in [0.717, 1.165) is 39.8 Å². The average Bonchev–Trinajstić information content (AvgIpc) is 3.23. The number of hydrogen-bond acceptors (Lipinski definition) is 6. The average molecular weight is 488 g/mol. The molecular weight excluding hydrogens is 458 g/mol. The lowest BCUT2D eigenvalue weighted by Gasteiger charge is -2.18. The number of benzene rings is 2. The highest BCUT2D eigenvalue weighted by molar-refractivity contribution is 9.10. The highest BCUT2D eigenvalue weighted by Crippen LogP contribution is 2.34. The summed E-state index contributed by atoms with van der Waals surface area (Å²) in [6.07, 6.45) is 1.60. The van der Waals surface area contributed by atoms with Crippen molar-refractivity contribution in [2.75, 3.05) is 19.7 Å². The van der Waals surface area contributed by atoms with Crippen LogP contribution in [-0.4, -0.2) is 31.6 Å². The van der Waals surface area contributed by atoms with Crippen LogP contribution in [0.3, 0.4) is 0 Å². The predicted molar refractivity (Wildman–Crippen MR) is 126 cm³/mol. The molecule has 0 radical (unpaired) electrons. The molecule has 7 N–H and O–H groups in total. The van der Waals surface area contributed by atoms with E-state index in [1.807, 2.05) is 43.3 Å². The molecular formula is C23H30BrN5O2. The van der Waals surface area contributed by atoms with Crippen molar-refractivity contribution >= 4 is 21.8 Å². The Morgan fingerprint density at radius 3 is 2.68 bits per heavy atom. The van der Waals surface area contributed by atoms with E-state index in [-0.39, 0.29) is 17.8 Å². The summed E-state index contributed by atoms with van der Waals surface area (Å²) in [7, 11) is 0. The molecule has 0 saturated heterocycles. The highest BCUT2D eigenvalue weighted by atomic mass is 79.9. The molecule has 1 amide bonds. The fraction of sp³-hybridized carbons (Fsp3) is 0.348. The van der Waals surface area contributed by atoms with Crippen molar-refractivity contribution < 1.29 is 9.53 Å². The second-order valence-electron chi connectivity index (χ2n) is 7.50. The molecule has 31 heavy (non-hydrogen) atoms. The molecule has 0 spiro atoms. The van der Waals surface area contributed by atoms with Crippen LogP contribution in [0, 0.1) is 0 Å². The van der Waals surface area contributed by atoms with Gasteiger partial charge in [0.2, 0.25) is 0 Å². The monoisotopic (exact) mass is 487 g/mol. The molecule has 1 heterocycles. The first-order valence-electron chi connectivity index (χ1n) is 10.5. The number of carbonyl (C=O) groups is 1. The van der Waals surface area contributed by atoms with Crippen LogP contribution in [0.25, 0.3) is 0 Å². The van der Waals surface area contributed by atoms with Crippen molar-refractivity contribution in [3.8, 4) is 5.75 Å². The fourth-order valence-corrected chi connectivity index (χ4v) is 4.14. The first-order valence-corrected chi connectivity index (χ1v) is 11.3. The third kappa shape index (κ3) is 6.38. The maximum Gasteiger partial charge on any atom is 0.271 e. The molecule has 0 fully saturated rings. The van der Waals surface area contributed by atoms with Crippen LogP contribution in [0.15, 0.2) is 58.5 Å². The molecule has 0 aromatic heterocycles. The Bertz CT molecular complexity index is 933. The Hall–Kier alpha value is -2.71. The smallest absolute Gasteiger partial charge is 0.271 e. The van der Waals surface area contributed by atoms with Crippen LogP contribution in [0.4, 0.5) is 0 Å². The van der Waals surface area contributed by atoms with E-state index in [9.17, 15) is 4.79 Å². The van der Waals surface area contributed by atoms with Crippen LogP contribution in [0.5, 0.6) is 5.75 Å². The molecule has 8 heteroatoms. The zero-order valence-electron chi connectivity index (χ0n) is 17.7. The van der Waals surface area contributed by atoms with Crippen LogP contribution in [-0.2, 0) is 24.2 Å². The third-order valence-corrected chi connectivity index (χ3v) is 5.59. The summed E-state index contributed by atoms with van der Waals surface area (Å²) < 4.78 is 6.55. The van der Waals surface area contributed by atoms with Gasteiger partial charge in [0.1, 0.15) is 17.3 Å². The van der Waals surface area contributed by atoms with E-state index in [1.165, 1.54) is 0 Å². The molecule has 1 atom stereocenters. The van der Waals surface area contributed by atoms with Gasteiger partial charge in [-0.3, -0.25) is 4.79 Å². The number of likely N-dealkylation sites (N-methyl/N-ethyl adjacent to an activating group) is 1. The van der Waals surface area contributed by atoms with Crippen molar-refractivity contribution in [1.29, 1.82) is 0 Å². The number of nitrogens with one attached hydrogen (secondary N) is 3.